The number of nitrogens with one attached hydrogen (secondary N) is 1. The van der Waals surface area contributed by atoms with Gasteiger partial charge >= 0.3 is 0 Å². The number of piperidine rings is 1. The number of halogens is 2. The summed E-state index contributed by atoms with van der Waals surface area (Å²) in [5, 5.41) is 6.80. The molecule has 1 aromatic heterocycles. The minimum absolute atomic E-state index is 0.107. The molecule has 2 aromatic carbocycles. The molecule has 0 bridgehead atoms. The molecule has 5 rings (SSSR count). The largest absolute Gasteiger partial charge is 0.340 e. The molecule has 1 unspecified atom stereocenters. The van der Waals surface area contributed by atoms with E-state index in [-0.39, 0.29) is 5.02 Å². The van der Waals surface area contributed by atoms with Gasteiger partial charge in [-0.3, -0.25) is 4.90 Å². The molecule has 0 aliphatic carbocycles. The smallest absolute Gasteiger partial charge is 0.141 e. The maximum atomic E-state index is 13.5. The van der Waals surface area contributed by atoms with Crippen molar-refractivity contribution in [2.75, 3.05) is 30.0 Å². The Morgan fingerprint density at radius 1 is 1.12 bits per heavy atom. The summed E-state index contributed by atoms with van der Waals surface area (Å²) in [5.41, 5.74) is 3.22. The van der Waals surface area contributed by atoms with E-state index >= 15 is 0 Å². The van der Waals surface area contributed by atoms with Crippen molar-refractivity contribution in [3.05, 3.63) is 81.9 Å². The zero-order chi connectivity index (χ0) is 22.1. The topological polar surface area (TPSA) is 30.9 Å². The molecule has 2 aliphatic heterocycles. The van der Waals surface area contributed by atoms with Gasteiger partial charge < -0.3 is 10.2 Å². The molecule has 32 heavy (non-hydrogen) atoms. The molecule has 166 valence electrons. The number of hydrogen-bond donors (Lipinski definition) is 1. The number of likely N-dealkylation sites (tertiary alicyclic amines) is 1. The van der Waals surface area contributed by atoms with E-state index in [1.54, 1.807) is 23.5 Å². The lowest BCUT2D eigenvalue weighted by Crippen LogP contribution is -2.47. The van der Waals surface area contributed by atoms with E-state index in [2.05, 4.69) is 63.8 Å². The summed E-state index contributed by atoms with van der Waals surface area (Å²) in [6.45, 7) is 5.10. The second kappa shape index (κ2) is 9.22. The predicted octanol–water partition coefficient (Wildman–Crippen LogP) is 6.40. The average molecular weight is 469 g/mol. The number of benzene rings is 2. The molecular formula is C25H26ClFN4S. The second-order valence-corrected chi connectivity index (χ2v) is 9.67. The third-order valence-corrected chi connectivity index (χ3v) is 7.73. The normalized spacial score (nSPS) is 18.2. The number of hydrogen-bond acceptors (Lipinski definition) is 5. The van der Waals surface area contributed by atoms with E-state index in [0.717, 1.165) is 43.0 Å². The lowest BCUT2D eigenvalue weighted by molar-refractivity contribution is 0.160. The summed E-state index contributed by atoms with van der Waals surface area (Å²) < 4.78 is 13.5. The first-order valence-electron chi connectivity index (χ1n) is 11.0. The van der Waals surface area contributed by atoms with E-state index < -0.39 is 5.82 Å². The lowest BCUT2D eigenvalue weighted by atomic mass is 9.99. The Morgan fingerprint density at radius 2 is 1.91 bits per heavy atom. The van der Waals surface area contributed by atoms with Crippen LogP contribution in [0, 0.1) is 5.82 Å². The molecule has 3 aromatic rings. The van der Waals surface area contributed by atoms with E-state index in [4.69, 9.17) is 16.6 Å². The highest BCUT2D eigenvalue weighted by molar-refractivity contribution is 7.14. The van der Waals surface area contributed by atoms with Crippen molar-refractivity contribution < 1.29 is 4.39 Å². The highest BCUT2D eigenvalue weighted by Gasteiger charge is 2.31. The highest BCUT2D eigenvalue weighted by atomic mass is 35.5. The molecule has 2 aliphatic rings. The van der Waals surface area contributed by atoms with E-state index in [0.29, 0.717) is 18.8 Å². The van der Waals surface area contributed by atoms with E-state index in [1.165, 1.54) is 16.6 Å². The van der Waals surface area contributed by atoms with Crippen LogP contribution in [0.3, 0.4) is 0 Å². The molecule has 0 spiro atoms. The zero-order valence-corrected chi connectivity index (χ0v) is 19.5. The van der Waals surface area contributed by atoms with Crippen LogP contribution < -0.4 is 10.2 Å². The Kier molecular flexibility index (Phi) is 6.17. The van der Waals surface area contributed by atoms with Crippen LogP contribution in [-0.4, -0.2) is 36.5 Å². The molecule has 0 radical (unpaired) electrons. The summed E-state index contributed by atoms with van der Waals surface area (Å²) in [5.74, 6) is 0.397. The van der Waals surface area contributed by atoms with Crippen molar-refractivity contribution in [1.82, 2.24) is 4.90 Å². The number of fused-ring (bicyclic) bond motifs is 1. The fourth-order valence-electron chi connectivity index (χ4n) is 4.63. The molecule has 4 nitrogen and oxygen atoms in total. The van der Waals surface area contributed by atoms with E-state index in [1.807, 2.05) is 0 Å². The quantitative estimate of drug-likeness (QED) is 0.480. The third-order valence-electron chi connectivity index (χ3n) is 6.49. The first-order valence-corrected chi connectivity index (χ1v) is 12.3. The van der Waals surface area contributed by atoms with E-state index in [9.17, 15) is 4.39 Å². The summed E-state index contributed by atoms with van der Waals surface area (Å²) >= 11 is 7.70. The van der Waals surface area contributed by atoms with Gasteiger partial charge in [-0.25, -0.2) is 9.38 Å². The van der Waals surface area contributed by atoms with Gasteiger partial charge in [0.1, 0.15) is 23.3 Å². The van der Waals surface area contributed by atoms with Crippen LogP contribution in [-0.2, 0) is 0 Å². The van der Waals surface area contributed by atoms with Crippen molar-refractivity contribution >= 4 is 39.5 Å². The van der Waals surface area contributed by atoms with Crippen molar-refractivity contribution in [2.45, 2.75) is 31.8 Å². The van der Waals surface area contributed by atoms with Crippen LogP contribution in [0.4, 0.5) is 15.1 Å². The second-order valence-electron chi connectivity index (χ2n) is 8.37. The number of rotatable bonds is 4. The van der Waals surface area contributed by atoms with Gasteiger partial charge in [-0.2, -0.15) is 0 Å². The minimum Gasteiger partial charge on any atom is -0.340 e. The van der Waals surface area contributed by atoms with Gasteiger partial charge in [0, 0.05) is 30.9 Å². The SMILES string of the molecule is CC(c1ccccc1)N1CCC(N2CN=C(Nc3ccc(F)c(Cl)c3)c3ccsc32)CC1. The van der Waals surface area contributed by atoms with Crippen LogP contribution in [0.15, 0.2) is 65.0 Å². The molecule has 1 N–H and O–H groups in total. The summed E-state index contributed by atoms with van der Waals surface area (Å²) in [7, 11) is 0. The predicted molar refractivity (Wildman–Crippen MR) is 133 cm³/mol. The van der Waals surface area contributed by atoms with Crippen LogP contribution in [0.25, 0.3) is 0 Å². The van der Waals surface area contributed by atoms with Crippen molar-refractivity contribution in [3.8, 4) is 0 Å². The minimum atomic E-state index is -0.418. The van der Waals surface area contributed by atoms with Crippen molar-refractivity contribution in [1.29, 1.82) is 0 Å². The van der Waals surface area contributed by atoms with Gasteiger partial charge in [-0.15, -0.1) is 11.3 Å². The number of anilines is 2. The molecule has 7 heteroatoms. The van der Waals surface area contributed by atoms with Gasteiger partial charge in [0.15, 0.2) is 0 Å². The van der Waals surface area contributed by atoms with Gasteiger partial charge in [0.2, 0.25) is 0 Å². The van der Waals surface area contributed by atoms with Gasteiger partial charge in [0.25, 0.3) is 0 Å². The van der Waals surface area contributed by atoms with Crippen LogP contribution in [0.2, 0.25) is 5.02 Å². The Hall–Kier alpha value is -2.41. The maximum absolute atomic E-state index is 13.5. The van der Waals surface area contributed by atoms with Crippen LogP contribution in [0.5, 0.6) is 0 Å². The van der Waals surface area contributed by atoms with Gasteiger partial charge in [0.05, 0.1) is 10.6 Å². The third kappa shape index (κ3) is 4.27. The summed E-state index contributed by atoms with van der Waals surface area (Å²) in [6.07, 6.45) is 2.25. The Balaban J connectivity index is 1.26. The molecule has 0 amide bonds. The number of nitrogens with zero attached hydrogens (tertiary/aromatic N) is 3. The first-order chi connectivity index (χ1) is 15.6. The Labute approximate surface area is 197 Å². The summed E-state index contributed by atoms with van der Waals surface area (Å²) in [4.78, 5) is 9.87. The monoisotopic (exact) mass is 468 g/mol. The average Bonchev–Trinajstić information content (AvgIpc) is 3.32. The van der Waals surface area contributed by atoms with Crippen LogP contribution in [0.1, 0.15) is 36.9 Å². The number of amidine groups is 1. The number of thiophene rings is 1. The van der Waals surface area contributed by atoms with Crippen molar-refractivity contribution in [3.63, 3.8) is 0 Å². The fourth-order valence-corrected chi connectivity index (χ4v) is 5.77. The highest BCUT2D eigenvalue weighted by Crippen LogP contribution is 2.36. The molecule has 1 fully saturated rings. The van der Waals surface area contributed by atoms with Gasteiger partial charge in [-0.05, 0) is 55.0 Å². The first kappa shape index (κ1) is 21.4. The summed E-state index contributed by atoms with van der Waals surface area (Å²) in [6, 6.07) is 18.4. The zero-order valence-electron chi connectivity index (χ0n) is 18.0. The van der Waals surface area contributed by atoms with Crippen molar-refractivity contribution in [2.24, 2.45) is 4.99 Å². The number of aliphatic imine (C=N–C) groups is 1. The fraction of sp³-hybridized carbons (Fsp3) is 0.320. The van der Waals surface area contributed by atoms with Crippen LogP contribution >= 0.6 is 22.9 Å². The molecule has 1 atom stereocenters. The molecule has 0 saturated carbocycles. The lowest BCUT2D eigenvalue weighted by Gasteiger charge is -2.42. The standard InChI is InChI=1S/C25H26ClFN4S/c1-17(18-5-3-2-4-6-18)30-12-9-20(10-13-30)31-16-28-24(21-11-14-32-25(21)31)29-19-7-8-23(27)22(26)15-19/h2-8,11,14-15,17,20H,9-10,12-13,16H2,1H3,(H,28,29). The molecule has 1 saturated heterocycles. The Bertz CT molecular complexity index is 1110. The molecule has 3 heterocycles. The molecular weight excluding hydrogens is 443 g/mol. The van der Waals surface area contributed by atoms with Gasteiger partial charge in [-0.1, -0.05) is 41.9 Å². The maximum Gasteiger partial charge on any atom is 0.141 e. The Morgan fingerprint density at radius 3 is 2.66 bits per heavy atom.